The van der Waals surface area contributed by atoms with Crippen LogP contribution in [0.5, 0.6) is 0 Å². The van der Waals surface area contributed by atoms with Gasteiger partial charge in [-0.3, -0.25) is 5.43 Å². The minimum Gasteiger partial charge on any atom is -0.348 e. The van der Waals surface area contributed by atoms with Gasteiger partial charge in [0.1, 0.15) is 0 Å². The number of nitrogens with one attached hydrogen (secondary N) is 2. The molecule has 0 radical (unpaired) electrons. The third-order valence-electron chi connectivity index (χ3n) is 1.57. The molecule has 1 aromatic rings. The van der Waals surface area contributed by atoms with Crippen LogP contribution in [0.15, 0.2) is 0 Å². The second kappa shape index (κ2) is 5.35. The Hall–Kier alpha value is -1.77. The maximum Gasteiger partial charge on any atom is 0.255 e. The Balaban J connectivity index is 2.86. The van der Waals surface area contributed by atoms with Crippen molar-refractivity contribution in [3.8, 4) is 0 Å². The third kappa shape index (κ3) is 3.42. The summed E-state index contributed by atoms with van der Waals surface area (Å²) in [4.78, 5) is 13.2. The van der Waals surface area contributed by atoms with E-state index in [4.69, 9.17) is 5.84 Å². The van der Waals surface area contributed by atoms with Crippen LogP contribution in [0.3, 0.4) is 0 Å². The molecule has 4 N–H and O–H groups in total. The van der Waals surface area contributed by atoms with Crippen LogP contribution in [0.2, 0.25) is 0 Å². The largest absolute Gasteiger partial charge is 0.348 e. The van der Waals surface area contributed by atoms with E-state index in [0.717, 1.165) is 0 Å². The zero-order valence-corrected chi connectivity index (χ0v) is 8.91. The summed E-state index contributed by atoms with van der Waals surface area (Å²) in [6.45, 7) is -0.527. The first-order valence-corrected chi connectivity index (χ1v) is 4.45. The number of hydrazine groups is 1. The van der Waals surface area contributed by atoms with Crippen LogP contribution >= 0.6 is 0 Å². The smallest absolute Gasteiger partial charge is 0.255 e. The highest BCUT2D eigenvalue weighted by atomic mass is 19.3. The molecule has 0 fully saturated rings. The van der Waals surface area contributed by atoms with Crippen molar-refractivity contribution in [2.24, 2.45) is 5.84 Å². The summed E-state index contributed by atoms with van der Waals surface area (Å²) in [5.74, 6) is 5.62. The van der Waals surface area contributed by atoms with E-state index in [2.05, 4.69) is 25.7 Å². The number of alkyl halides is 2. The van der Waals surface area contributed by atoms with Crippen LogP contribution in [0, 0.1) is 0 Å². The van der Waals surface area contributed by atoms with E-state index in [1.54, 1.807) is 19.0 Å². The van der Waals surface area contributed by atoms with Gasteiger partial charge < -0.3 is 10.2 Å². The summed E-state index contributed by atoms with van der Waals surface area (Å²) >= 11 is 0. The molecule has 1 aromatic heterocycles. The molecule has 0 amide bonds. The summed E-state index contributed by atoms with van der Waals surface area (Å²) in [7, 11) is 3.43. The number of nitrogen functional groups attached to an aromatic ring is 1. The van der Waals surface area contributed by atoms with Crippen LogP contribution in [0.1, 0.15) is 0 Å². The first-order valence-electron chi connectivity index (χ1n) is 4.45. The topological polar surface area (TPSA) is 92.0 Å². The quantitative estimate of drug-likeness (QED) is 0.483. The van der Waals surface area contributed by atoms with Gasteiger partial charge in [-0.15, -0.1) is 0 Å². The zero-order chi connectivity index (χ0) is 12.1. The Bertz CT molecular complexity index is 344. The molecule has 1 heterocycles. The van der Waals surface area contributed by atoms with Crippen molar-refractivity contribution in [1.29, 1.82) is 0 Å². The van der Waals surface area contributed by atoms with Gasteiger partial charge in [0, 0.05) is 14.1 Å². The van der Waals surface area contributed by atoms with Gasteiger partial charge in [0.15, 0.2) is 0 Å². The molecular weight excluding hydrogens is 220 g/mol. The van der Waals surface area contributed by atoms with Crippen LogP contribution in [-0.4, -0.2) is 42.0 Å². The highest BCUT2D eigenvalue weighted by molar-refractivity contribution is 5.42. The van der Waals surface area contributed by atoms with Gasteiger partial charge in [-0.2, -0.15) is 15.0 Å². The van der Waals surface area contributed by atoms with Gasteiger partial charge >= 0.3 is 0 Å². The Kier molecular flexibility index (Phi) is 4.11. The summed E-state index contributed by atoms with van der Waals surface area (Å²) < 4.78 is 24.0. The maximum absolute atomic E-state index is 12.0. The molecule has 16 heavy (non-hydrogen) atoms. The predicted octanol–water partition coefficient (Wildman–Crippen LogP) is -0.0998. The fourth-order valence-corrected chi connectivity index (χ4v) is 0.877. The SMILES string of the molecule is CN(C)c1nc(NN)nc(NCC(F)F)n1. The third-order valence-corrected chi connectivity index (χ3v) is 1.57. The molecule has 0 aliphatic carbocycles. The van der Waals surface area contributed by atoms with Gasteiger partial charge in [0.05, 0.1) is 6.54 Å². The first-order chi connectivity index (χ1) is 7.52. The van der Waals surface area contributed by atoms with Crippen molar-refractivity contribution in [3.63, 3.8) is 0 Å². The number of nitrogens with zero attached hydrogens (tertiary/aromatic N) is 4. The molecular formula is C7H13F2N7. The zero-order valence-electron chi connectivity index (χ0n) is 8.91. The molecule has 90 valence electrons. The van der Waals surface area contributed by atoms with Crippen molar-refractivity contribution in [1.82, 2.24) is 15.0 Å². The number of rotatable bonds is 5. The molecule has 0 aliphatic rings. The molecule has 0 atom stereocenters. The Morgan fingerprint density at radius 3 is 2.38 bits per heavy atom. The molecule has 0 saturated carbocycles. The van der Waals surface area contributed by atoms with E-state index in [1.165, 1.54) is 0 Å². The van der Waals surface area contributed by atoms with Gasteiger partial charge in [0.25, 0.3) is 6.43 Å². The molecule has 0 aromatic carbocycles. The minimum absolute atomic E-state index is 0.0481. The van der Waals surface area contributed by atoms with Crippen molar-refractivity contribution in [3.05, 3.63) is 0 Å². The summed E-state index contributed by atoms with van der Waals surface area (Å²) in [6, 6.07) is 0. The molecule has 9 heteroatoms. The van der Waals surface area contributed by atoms with E-state index in [0.29, 0.717) is 5.95 Å². The van der Waals surface area contributed by atoms with E-state index in [1.807, 2.05) is 0 Å². The molecule has 0 spiro atoms. The van der Waals surface area contributed by atoms with Crippen molar-refractivity contribution in [2.45, 2.75) is 6.43 Å². The number of halogens is 2. The Labute approximate surface area is 91.1 Å². The van der Waals surface area contributed by atoms with Crippen LogP contribution in [0.4, 0.5) is 26.6 Å². The lowest BCUT2D eigenvalue weighted by molar-refractivity contribution is 0.163. The first kappa shape index (κ1) is 12.3. The molecule has 0 bridgehead atoms. The highest BCUT2D eigenvalue weighted by Crippen LogP contribution is 2.10. The van der Waals surface area contributed by atoms with Gasteiger partial charge in [-0.25, -0.2) is 14.6 Å². The normalized spacial score (nSPS) is 10.4. The standard InChI is InChI=1S/C7H13F2N7/c1-16(2)7-13-5(11-3-4(8)9)12-6(14-7)15-10/h4H,3,10H2,1-2H3,(H2,11,12,13,14,15). The summed E-state index contributed by atoms with van der Waals surface area (Å²) in [6.07, 6.45) is -2.48. The number of hydrogen-bond acceptors (Lipinski definition) is 7. The number of nitrogens with two attached hydrogens (primary N) is 1. The van der Waals surface area contributed by atoms with Crippen LogP contribution in [-0.2, 0) is 0 Å². The number of hydrogen-bond donors (Lipinski definition) is 3. The number of aromatic nitrogens is 3. The monoisotopic (exact) mass is 233 g/mol. The average molecular weight is 233 g/mol. The maximum atomic E-state index is 12.0. The van der Waals surface area contributed by atoms with Gasteiger partial charge in [-0.05, 0) is 0 Å². The number of anilines is 3. The fraction of sp³-hybridized carbons (Fsp3) is 0.571. The molecule has 0 aliphatic heterocycles. The lowest BCUT2D eigenvalue weighted by Crippen LogP contribution is -2.20. The fourth-order valence-electron chi connectivity index (χ4n) is 0.877. The van der Waals surface area contributed by atoms with E-state index >= 15 is 0 Å². The lowest BCUT2D eigenvalue weighted by Gasteiger charge is -2.12. The second-order valence-corrected chi connectivity index (χ2v) is 3.09. The van der Waals surface area contributed by atoms with Crippen LogP contribution in [0.25, 0.3) is 0 Å². The van der Waals surface area contributed by atoms with E-state index < -0.39 is 13.0 Å². The second-order valence-electron chi connectivity index (χ2n) is 3.09. The van der Waals surface area contributed by atoms with Crippen LogP contribution < -0.4 is 21.5 Å². The Morgan fingerprint density at radius 2 is 1.88 bits per heavy atom. The summed E-state index contributed by atoms with van der Waals surface area (Å²) in [5, 5.41) is 2.38. The predicted molar refractivity (Wildman–Crippen MR) is 56.5 cm³/mol. The highest BCUT2D eigenvalue weighted by Gasteiger charge is 2.09. The molecule has 7 nitrogen and oxygen atoms in total. The van der Waals surface area contributed by atoms with Crippen molar-refractivity contribution >= 4 is 17.8 Å². The van der Waals surface area contributed by atoms with Crippen molar-refractivity contribution in [2.75, 3.05) is 36.3 Å². The van der Waals surface area contributed by atoms with E-state index in [9.17, 15) is 8.78 Å². The van der Waals surface area contributed by atoms with Gasteiger partial charge in [-0.1, -0.05) is 0 Å². The molecule has 1 rings (SSSR count). The average Bonchev–Trinajstić information content (AvgIpc) is 2.25. The van der Waals surface area contributed by atoms with E-state index in [-0.39, 0.29) is 11.9 Å². The lowest BCUT2D eigenvalue weighted by atomic mass is 10.6. The summed E-state index contributed by atoms with van der Waals surface area (Å²) in [5.41, 5.74) is 2.23. The minimum atomic E-state index is -2.48. The van der Waals surface area contributed by atoms with Crippen molar-refractivity contribution < 1.29 is 8.78 Å². The Morgan fingerprint density at radius 1 is 1.25 bits per heavy atom. The molecule has 0 saturated heterocycles. The van der Waals surface area contributed by atoms with Gasteiger partial charge in [0.2, 0.25) is 17.8 Å². The molecule has 0 unspecified atom stereocenters.